The highest BCUT2D eigenvalue weighted by Gasteiger charge is 2.41. The molecule has 4 rings (SSSR count). The molecule has 2 aromatic rings. The van der Waals surface area contributed by atoms with Gasteiger partial charge in [-0.15, -0.1) is 0 Å². The first kappa shape index (κ1) is 21.8. The number of carbonyl (C=O) groups excluding carboxylic acids is 3. The quantitative estimate of drug-likeness (QED) is 0.537. The van der Waals surface area contributed by atoms with Gasteiger partial charge in [0.2, 0.25) is 5.91 Å². The molecule has 0 saturated heterocycles. The lowest BCUT2D eigenvalue weighted by Crippen LogP contribution is -2.38. The number of amides is 3. The van der Waals surface area contributed by atoms with Crippen molar-refractivity contribution in [2.24, 2.45) is 0 Å². The van der Waals surface area contributed by atoms with Crippen LogP contribution >= 0.6 is 0 Å². The molecular formula is C25H27N3O4. The first-order chi connectivity index (χ1) is 15.5. The summed E-state index contributed by atoms with van der Waals surface area (Å²) in [5, 5.41) is 2.73. The number of nitrogens with one attached hydrogen (secondary N) is 1. The van der Waals surface area contributed by atoms with Gasteiger partial charge >= 0.3 is 0 Å². The van der Waals surface area contributed by atoms with E-state index in [4.69, 9.17) is 4.74 Å². The monoisotopic (exact) mass is 433 g/mol. The van der Waals surface area contributed by atoms with Gasteiger partial charge in [0.15, 0.2) is 0 Å². The molecule has 32 heavy (non-hydrogen) atoms. The van der Waals surface area contributed by atoms with Crippen LogP contribution in [0.2, 0.25) is 0 Å². The summed E-state index contributed by atoms with van der Waals surface area (Å²) in [5.74, 6) is -0.709. The minimum Gasteiger partial charge on any atom is -0.385 e. The van der Waals surface area contributed by atoms with E-state index < -0.39 is 0 Å². The van der Waals surface area contributed by atoms with Gasteiger partial charge in [-0.3, -0.25) is 19.3 Å². The Morgan fingerprint density at radius 3 is 2.44 bits per heavy atom. The minimum absolute atomic E-state index is 0.166. The normalized spacial score (nSPS) is 15.9. The van der Waals surface area contributed by atoms with Crippen LogP contribution in [0.15, 0.2) is 54.2 Å². The van der Waals surface area contributed by atoms with Gasteiger partial charge < -0.3 is 15.0 Å². The van der Waals surface area contributed by atoms with Crippen LogP contribution in [0.3, 0.4) is 0 Å². The summed E-state index contributed by atoms with van der Waals surface area (Å²) in [6.07, 6.45) is 1.40. The number of hydrogen-bond acceptors (Lipinski definition) is 5. The smallest absolute Gasteiger partial charge is 0.277 e. The third-order valence-electron chi connectivity index (χ3n) is 5.81. The average Bonchev–Trinajstić information content (AvgIpc) is 3.04. The zero-order valence-corrected chi connectivity index (χ0v) is 18.4. The Morgan fingerprint density at radius 1 is 1.03 bits per heavy atom. The van der Waals surface area contributed by atoms with Gasteiger partial charge in [-0.05, 0) is 41.7 Å². The molecule has 0 bridgehead atoms. The highest BCUT2D eigenvalue weighted by molar-refractivity contribution is 6.35. The minimum atomic E-state index is -0.285. The molecule has 0 aliphatic carbocycles. The first-order valence-corrected chi connectivity index (χ1v) is 10.8. The van der Waals surface area contributed by atoms with Crippen LogP contribution < -0.4 is 5.32 Å². The van der Waals surface area contributed by atoms with Crippen molar-refractivity contribution in [1.82, 2.24) is 9.80 Å². The third kappa shape index (κ3) is 4.29. The van der Waals surface area contributed by atoms with E-state index in [9.17, 15) is 14.4 Å². The van der Waals surface area contributed by atoms with E-state index in [1.165, 1.54) is 23.0 Å². The maximum atomic E-state index is 13.4. The number of benzene rings is 2. The lowest BCUT2D eigenvalue weighted by Gasteiger charge is -2.31. The molecule has 2 heterocycles. The zero-order valence-electron chi connectivity index (χ0n) is 18.4. The molecule has 1 N–H and O–H groups in total. The van der Waals surface area contributed by atoms with Gasteiger partial charge in [-0.1, -0.05) is 36.4 Å². The molecule has 0 radical (unpaired) electrons. The fraction of sp³-hybridized carbons (Fsp3) is 0.320. The molecule has 7 nitrogen and oxygen atoms in total. The van der Waals surface area contributed by atoms with E-state index in [0.29, 0.717) is 55.2 Å². The van der Waals surface area contributed by atoms with Gasteiger partial charge in [-0.2, -0.15) is 0 Å². The third-order valence-corrected chi connectivity index (χ3v) is 5.81. The molecule has 0 fully saturated rings. The summed E-state index contributed by atoms with van der Waals surface area (Å²) in [6, 6.07) is 15.3. The molecule has 166 valence electrons. The van der Waals surface area contributed by atoms with Crippen molar-refractivity contribution in [3.8, 4) is 0 Å². The topological polar surface area (TPSA) is 79.0 Å². The molecule has 0 spiro atoms. The van der Waals surface area contributed by atoms with Crippen molar-refractivity contribution >= 4 is 29.0 Å². The fourth-order valence-corrected chi connectivity index (χ4v) is 4.30. The number of methoxy groups -OCH3 is 1. The Hall–Kier alpha value is -3.45. The van der Waals surface area contributed by atoms with Gasteiger partial charge in [0.1, 0.15) is 5.70 Å². The Balaban J connectivity index is 1.70. The number of hydrogen-bond donors (Lipinski definition) is 1. The van der Waals surface area contributed by atoms with Crippen LogP contribution in [0.1, 0.15) is 30.0 Å². The SMILES string of the molecule is COCCCN1C(=O)C(c2ccc(NC(C)=O)cc2)=C(N2CCc3ccccc3C2)C1=O. The van der Waals surface area contributed by atoms with E-state index in [-0.39, 0.29) is 17.7 Å². The van der Waals surface area contributed by atoms with Crippen molar-refractivity contribution in [1.29, 1.82) is 0 Å². The first-order valence-electron chi connectivity index (χ1n) is 10.8. The van der Waals surface area contributed by atoms with E-state index >= 15 is 0 Å². The van der Waals surface area contributed by atoms with Crippen molar-refractivity contribution in [3.05, 3.63) is 70.9 Å². The van der Waals surface area contributed by atoms with E-state index in [0.717, 1.165) is 6.42 Å². The van der Waals surface area contributed by atoms with E-state index in [2.05, 4.69) is 17.4 Å². The number of ether oxygens (including phenoxy) is 1. The molecule has 0 saturated carbocycles. The molecule has 0 atom stereocenters. The number of rotatable bonds is 7. The fourth-order valence-electron chi connectivity index (χ4n) is 4.30. The molecular weight excluding hydrogens is 406 g/mol. The van der Waals surface area contributed by atoms with Crippen molar-refractivity contribution in [3.63, 3.8) is 0 Å². The number of imide groups is 1. The molecule has 2 aliphatic heterocycles. The van der Waals surface area contributed by atoms with Gasteiger partial charge in [0.05, 0.1) is 5.57 Å². The largest absolute Gasteiger partial charge is 0.385 e. The molecule has 2 aliphatic rings. The van der Waals surface area contributed by atoms with Gasteiger partial charge in [-0.25, -0.2) is 0 Å². The maximum absolute atomic E-state index is 13.4. The summed E-state index contributed by atoms with van der Waals surface area (Å²) in [5.41, 5.74) is 4.63. The van der Waals surface area contributed by atoms with Crippen LogP contribution in [0, 0.1) is 0 Å². The Kier molecular flexibility index (Phi) is 6.37. The predicted molar refractivity (Wildman–Crippen MR) is 121 cm³/mol. The van der Waals surface area contributed by atoms with Gasteiger partial charge in [0, 0.05) is 46.0 Å². The summed E-state index contributed by atoms with van der Waals surface area (Å²) < 4.78 is 5.10. The second kappa shape index (κ2) is 9.36. The number of nitrogens with zero attached hydrogens (tertiary/aromatic N) is 2. The highest BCUT2D eigenvalue weighted by Crippen LogP contribution is 2.34. The molecule has 2 aromatic carbocycles. The molecule has 7 heteroatoms. The van der Waals surface area contributed by atoms with Crippen LogP contribution in [-0.2, 0) is 32.1 Å². The van der Waals surface area contributed by atoms with E-state index in [1.54, 1.807) is 31.4 Å². The second-order valence-corrected chi connectivity index (χ2v) is 8.03. The Morgan fingerprint density at radius 2 is 1.75 bits per heavy atom. The second-order valence-electron chi connectivity index (χ2n) is 8.03. The predicted octanol–water partition coefficient (Wildman–Crippen LogP) is 2.82. The maximum Gasteiger partial charge on any atom is 0.277 e. The summed E-state index contributed by atoms with van der Waals surface area (Å²) in [7, 11) is 1.60. The van der Waals surface area contributed by atoms with Crippen molar-refractivity contribution in [2.45, 2.75) is 26.3 Å². The standard InChI is InChI=1S/C25H27N3O4/c1-17(29)26-21-10-8-19(9-11-21)22-23(25(31)28(24(22)30)13-5-15-32-2)27-14-12-18-6-3-4-7-20(18)16-27/h3-4,6-11H,5,12-16H2,1-2H3,(H,26,29). The van der Waals surface area contributed by atoms with Crippen LogP contribution in [0.4, 0.5) is 5.69 Å². The number of fused-ring (bicyclic) bond motifs is 1. The number of carbonyl (C=O) groups is 3. The van der Waals surface area contributed by atoms with Gasteiger partial charge in [0.25, 0.3) is 11.8 Å². The lowest BCUT2D eigenvalue weighted by atomic mass is 9.97. The average molecular weight is 434 g/mol. The summed E-state index contributed by atoms with van der Waals surface area (Å²) in [4.78, 5) is 41.5. The van der Waals surface area contributed by atoms with Crippen molar-refractivity contribution in [2.75, 3.05) is 32.1 Å². The Bertz CT molecular complexity index is 1070. The molecule has 0 aromatic heterocycles. The summed E-state index contributed by atoms with van der Waals surface area (Å²) in [6.45, 7) is 3.49. The zero-order chi connectivity index (χ0) is 22.7. The van der Waals surface area contributed by atoms with E-state index in [1.807, 2.05) is 17.0 Å². The van der Waals surface area contributed by atoms with Crippen LogP contribution in [0.5, 0.6) is 0 Å². The number of anilines is 1. The van der Waals surface area contributed by atoms with Crippen LogP contribution in [0.25, 0.3) is 5.57 Å². The summed E-state index contributed by atoms with van der Waals surface area (Å²) >= 11 is 0. The highest BCUT2D eigenvalue weighted by atomic mass is 16.5. The molecule has 0 unspecified atom stereocenters. The lowest BCUT2D eigenvalue weighted by molar-refractivity contribution is -0.137. The van der Waals surface area contributed by atoms with Crippen LogP contribution in [-0.4, -0.2) is 54.3 Å². The van der Waals surface area contributed by atoms with Crippen molar-refractivity contribution < 1.29 is 19.1 Å². The molecule has 3 amide bonds. The Labute approximate surface area is 187 Å².